The molecule has 2 aromatic rings. The lowest BCUT2D eigenvalue weighted by Gasteiger charge is -2.03. The minimum Gasteiger partial charge on any atom is -0.207 e. The van der Waals surface area contributed by atoms with Crippen LogP contribution in [-0.4, -0.2) is 0 Å². The molecule has 0 fully saturated rings. The van der Waals surface area contributed by atoms with Gasteiger partial charge in [-0.1, -0.05) is 6.07 Å². The van der Waals surface area contributed by atoms with Crippen LogP contribution in [0.3, 0.4) is 0 Å². The number of thioether (sulfide) groups is 1. The number of nitriles is 1. The van der Waals surface area contributed by atoms with Crippen LogP contribution in [0.2, 0.25) is 0 Å². The average molecular weight is 261 g/mol. The first-order chi connectivity index (χ1) is 8.69. The zero-order valence-electron chi connectivity index (χ0n) is 9.36. The molecule has 90 valence electrons. The van der Waals surface area contributed by atoms with Gasteiger partial charge in [-0.25, -0.2) is 8.78 Å². The van der Waals surface area contributed by atoms with E-state index in [0.717, 1.165) is 4.90 Å². The summed E-state index contributed by atoms with van der Waals surface area (Å²) in [6.07, 6.45) is 0. The standard InChI is InChI=1S/C14H9F2NS/c15-12-3-5-13(6-4-12)18-9-11-2-1-10(8-17)7-14(11)16/h1-7H,9H2. The SMILES string of the molecule is N#Cc1ccc(CSc2ccc(F)cc2)c(F)c1. The highest BCUT2D eigenvalue weighted by Gasteiger charge is 2.04. The maximum absolute atomic E-state index is 13.6. The quantitative estimate of drug-likeness (QED) is 0.776. The van der Waals surface area contributed by atoms with Crippen molar-refractivity contribution in [2.24, 2.45) is 0 Å². The van der Waals surface area contributed by atoms with E-state index in [1.807, 2.05) is 6.07 Å². The van der Waals surface area contributed by atoms with Crippen LogP contribution in [0.1, 0.15) is 11.1 Å². The van der Waals surface area contributed by atoms with Crippen molar-refractivity contribution in [3.63, 3.8) is 0 Å². The molecule has 0 saturated carbocycles. The highest BCUT2D eigenvalue weighted by Crippen LogP contribution is 2.24. The number of benzene rings is 2. The van der Waals surface area contributed by atoms with Crippen molar-refractivity contribution in [3.8, 4) is 6.07 Å². The van der Waals surface area contributed by atoms with Crippen molar-refractivity contribution >= 4 is 11.8 Å². The number of rotatable bonds is 3. The van der Waals surface area contributed by atoms with Crippen LogP contribution in [0.25, 0.3) is 0 Å². The van der Waals surface area contributed by atoms with Gasteiger partial charge in [-0.15, -0.1) is 11.8 Å². The summed E-state index contributed by atoms with van der Waals surface area (Å²) in [5, 5.41) is 8.63. The van der Waals surface area contributed by atoms with E-state index in [2.05, 4.69) is 0 Å². The van der Waals surface area contributed by atoms with Crippen molar-refractivity contribution in [1.82, 2.24) is 0 Å². The minimum atomic E-state index is -0.385. The Bertz CT molecular complexity index is 588. The first-order valence-electron chi connectivity index (χ1n) is 5.26. The summed E-state index contributed by atoms with van der Waals surface area (Å²) in [6.45, 7) is 0. The van der Waals surface area contributed by atoms with Crippen LogP contribution in [0, 0.1) is 23.0 Å². The van der Waals surface area contributed by atoms with Gasteiger partial charge in [0.1, 0.15) is 11.6 Å². The predicted molar refractivity (Wildman–Crippen MR) is 67.1 cm³/mol. The normalized spacial score (nSPS) is 10.1. The van der Waals surface area contributed by atoms with Crippen LogP contribution < -0.4 is 0 Å². The molecule has 0 bridgehead atoms. The number of hydrogen-bond acceptors (Lipinski definition) is 2. The molecule has 0 aliphatic rings. The zero-order chi connectivity index (χ0) is 13.0. The molecule has 4 heteroatoms. The lowest BCUT2D eigenvalue weighted by atomic mass is 10.1. The van der Waals surface area contributed by atoms with E-state index in [-0.39, 0.29) is 11.6 Å². The summed E-state index contributed by atoms with van der Waals surface area (Å²) in [4.78, 5) is 0.875. The summed E-state index contributed by atoms with van der Waals surface area (Å²) in [6, 6.07) is 12.4. The molecule has 2 aromatic carbocycles. The summed E-state index contributed by atoms with van der Waals surface area (Å²) in [5.74, 6) is -0.226. The van der Waals surface area contributed by atoms with E-state index in [4.69, 9.17) is 5.26 Å². The number of nitrogens with zero attached hydrogens (tertiary/aromatic N) is 1. The van der Waals surface area contributed by atoms with E-state index in [0.29, 0.717) is 16.9 Å². The molecule has 0 saturated heterocycles. The van der Waals surface area contributed by atoms with E-state index < -0.39 is 0 Å². The Morgan fingerprint density at radius 2 is 1.78 bits per heavy atom. The lowest BCUT2D eigenvalue weighted by molar-refractivity contribution is 0.616. The van der Waals surface area contributed by atoms with Gasteiger partial charge in [-0.05, 0) is 42.0 Å². The molecule has 0 unspecified atom stereocenters. The van der Waals surface area contributed by atoms with Gasteiger partial charge >= 0.3 is 0 Å². The first-order valence-corrected chi connectivity index (χ1v) is 6.24. The smallest absolute Gasteiger partial charge is 0.128 e. The topological polar surface area (TPSA) is 23.8 Å². The van der Waals surface area contributed by atoms with Crippen molar-refractivity contribution < 1.29 is 8.78 Å². The molecule has 0 spiro atoms. The molecule has 0 aromatic heterocycles. The van der Waals surface area contributed by atoms with Crippen LogP contribution in [0.15, 0.2) is 47.4 Å². The zero-order valence-corrected chi connectivity index (χ0v) is 10.2. The fraction of sp³-hybridized carbons (Fsp3) is 0.0714. The van der Waals surface area contributed by atoms with E-state index in [1.165, 1.54) is 30.0 Å². The van der Waals surface area contributed by atoms with Gasteiger partial charge in [0, 0.05) is 10.6 Å². The molecule has 1 nitrogen and oxygen atoms in total. The van der Waals surface area contributed by atoms with Gasteiger partial charge in [-0.2, -0.15) is 5.26 Å². The molecule has 18 heavy (non-hydrogen) atoms. The Balaban J connectivity index is 2.06. The van der Waals surface area contributed by atoms with E-state index in [9.17, 15) is 8.78 Å². The van der Waals surface area contributed by atoms with Gasteiger partial charge < -0.3 is 0 Å². The second-order valence-corrected chi connectivity index (χ2v) is 4.71. The molecule has 0 aliphatic heterocycles. The maximum Gasteiger partial charge on any atom is 0.128 e. The third-order valence-electron chi connectivity index (χ3n) is 2.39. The highest BCUT2D eigenvalue weighted by molar-refractivity contribution is 7.98. The Hall–Kier alpha value is -1.86. The molecular weight excluding hydrogens is 252 g/mol. The van der Waals surface area contributed by atoms with Gasteiger partial charge in [0.15, 0.2) is 0 Å². The fourth-order valence-electron chi connectivity index (χ4n) is 1.43. The van der Waals surface area contributed by atoms with Crippen molar-refractivity contribution in [2.75, 3.05) is 0 Å². The summed E-state index contributed by atoms with van der Waals surface area (Å²) < 4.78 is 26.3. The van der Waals surface area contributed by atoms with Crippen LogP contribution in [-0.2, 0) is 5.75 Å². The van der Waals surface area contributed by atoms with E-state index in [1.54, 1.807) is 24.3 Å². The third kappa shape index (κ3) is 3.08. The van der Waals surface area contributed by atoms with Crippen LogP contribution in [0.5, 0.6) is 0 Å². The number of halogens is 2. The van der Waals surface area contributed by atoms with Gasteiger partial charge in [-0.3, -0.25) is 0 Å². The van der Waals surface area contributed by atoms with Gasteiger partial charge in [0.05, 0.1) is 11.6 Å². The van der Waals surface area contributed by atoms with E-state index >= 15 is 0 Å². The van der Waals surface area contributed by atoms with Crippen molar-refractivity contribution in [1.29, 1.82) is 5.26 Å². The molecule has 0 radical (unpaired) electrons. The Labute approximate surface area is 108 Å². The fourth-order valence-corrected chi connectivity index (χ4v) is 2.31. The highest BCUT2D eigenvalue weighted by atomic mass is 32.2. The van der Waals surface area contributed by atoms with Crippen LogP contribution in [0.4, 0.5) is 8.78 Å². The average Bonchev–Trinajstić information content (AvgIpc) is 2.39. The summed E-state index contributed by atoms with van der Waals surface area (Å²) >= 11 is 1.42. The molecular formula is C14H9F2NS. The van der Waals surface area contributed by atoms with Crippen molar-refractivity contribution in [2.45, 2.75) is 10.6 Å². The van der Waals surface area contributed by atoms with Crippen molar-refractivity contribution in [3.05, 3.63) is 65.2 Å². The minimum absolute atomic E-state index is 0.288. The molecule has 0 heterocycles. The van der Waals surface area contributed by atoms with Gasteiger partial charge in [0.25, 0.3) is 0 Å². The predicted octanol–water partition coefficient (Wildman–Crippen LogP) is 4.13. The van der Waals surface area contributed by atoms with Gasteiger partial charge in [0.2, 0.25) is 0 Å². The third-order valence-corrected chi connectivity index (χ3v) is 3.45. The lowest BCUT2D eigenvalue weighted by Crippen LogP contribution is -1.89. The van der Waals surface area contributed by atoms with Crippen LogP contribution >= 0.6 is 11.8 Å². The monoisotopic (exact) mass is 261 g/mol. The molecule has 0 aliphatic carbocycles. The Morgan fingerprint density at radius 3 is 2.39 bits per heavy atom. The largest absolute Gasteiger partial charge is 0.207 e. The molecule has 2 rings (SSSR count). The molecule has 0 amide bonds. The molecule has 0 atom stereocenters. The Kier molecular flexibility index (Phi) is 3.96. The second-order valence-electron chi connectivity index (χ2n) is 3.66. The maximum atomic E-state index is 13.6. The second kappa shape index (κ2) is 5.65. The number of hydrogen-bond donors (Lipinski definition) is 0. The first kappa shape index (κ1) is 12.6. The summed E-state index contributed by atoms with van der Waals surface area (Å²) in [5.41, 5.74) is 0.839. The molecule has 0 N–H and O–H groups in total. The summed E-state index contributed by atoms with van der Waals surface area (Å²) in [7, 11) is 0. The Morgan fingerprint density at radius 1 is 1.06 bits per heavy atom.